The predicted molar refractivity (Wildman–Crippen MR) is 108 cm³/mol. The molecule has 1 aromatic rings. The number of rotatable bonds is 2. The monoisotopic (exact) mass is 770 g/mol. The third-order valence-electron chi connectivity index (χ3n) is 5.34. The van der Waals surface area contributed by atoms with Crippen molar-refractivity contribution in [2.45, 2.75) is 76.0 Å². The Labute approximate surface area is 183 Å². The minimum atomic E-state index is 0.0785. The maximum absolute atomic E-state index is 4.58. The van der Waals surface area contributed by atoms with Crippen LogP contribution in [-0.4, -0.2) is 22.6 Å². The minimum absolute atomic E-state index is 0.0785. The normalized spacial score (nSPS) is 30.4. The molecule has 0 aromatic heterocycles. The van der Waals surface area contributed by atoms with Gasteiger partial charge in [0.1, 0.15) is 0 Å². The first-order valence-electron chi connectivity index (χ1n) is 8.48. The van der Waals surface area contributed by atoms with Gasteiger partial charge in [0.15, 0.2) is 0 Å². The molecule has 24 heavy (non-hydrogen) atoms. The summed E-state index contributed by atoms with van der Waals surface area (Å²) in [5.41, 5.74) is 3.74. The summed E-state index contributed by atoms with van der Waals surface area (Å²) in [4.78, 5) is 0. The Morgan fingerprint density at radius 1 is 0.667 bits per heavy atom. The van der Waals surface area contributed by atoms with E-state index in [-0.39, 0.29) is 15.8 Å². The third-order valence-corrected chi connectivity index (χ3v) is 12.2. The second-order valence-electron chi connectivity index (χ2n) is 6.85. The predicted octanol–water partition coefficient (Wildman–Crippen LogP) is 6.42. The van der Waals surface area contributed by atoms with E-state index in [9.17, 15) is 0 Å². The van der Waals surface area contributed by atoms with E-state index in [1.807, 2.05) is 0 Å². The summed E-state index contributed by atoms with van der Waals surface area (Å²) in [7, 11) is 9.32. The Morgan fingerprint density at radius 2 is 0.917 bits per heavy atom. The molecule has 1 aromatic carbocycles. The summed E-state index contributed by atoms with van der Waals surface area (Å²) >= 11 is 3.50. The van der Waals surface area contributed by atoms with Crippen LogP contribution in [-0.2, 0) is 40.0 Å². The molecule has 2 fully saturated rings. The molecule has 0 nitrogen and oxygen atoms in total. The van der Waals surface area contributed by atoms with Gasteiger partial charge in [0.05, 0.1) is 0 Å². The van der Waals surface area contributed by atoms with Crippen molar-refractivity contribution < 1.29 is 40.0 Å². The van der Waals surface area contributed by atoms with Gasteiger partial charge in [0.25, 0.3) is 0 Å². The summed E-state index contributed by atoms with van der Waals surface area (Å²) in [5, 5.41) is 3.57. The summed E-state index contributed by atoms with van der Waals surface area (Å²) in [6.07, 6.45) is 5.79. The van der Waals surface area contributed by atoms with Gasteiger partial charge in [-0.2, -0.15) is 0 Å². The molecule has 0 spiro atoms. The fraction of sp³-hybridized carbons (Fsp3) is 0.667. The van der Waals surface area contributed by atoms with E-state index in [0.29, 0.717) is 0 Å². The van der Waals surface area contributed by atoms with Gasteiger partial charge in [-0.1, -0.05) is 67.8 Å². The van der Waals surface area contributed by atoms with Crippen molar-refractivity contribution in [3.8, 4) is 0 Å². The molecule has 2 aliphatic heterocycles. The van der Waals surface area contributed by atoms with E-state index in [0.717, 1.165) is 22.6 Å². The van der Waals surface area contributed by atoms with E-state index in [2.05, 4.69) is 70.3 Å². The average molecular weight is 771 g/mol. The Bertz CT molecular complexity index is 427. The Kier molecular flexibility index (Phi) is 12.7. The first kappa shape index (κ1) is 24.2. The Hall–Kier alpha value is 2.14. The topological polar surface area (TPSA) is 0 Å². The van der Waals surface area contributed by atoms with Crippen molar-refractivity contribution in [3.63, 3.8) is 0 Å². The summed E-state index contributed by atoms with van der Waals surface area (Å²) in [6.45, 7) is 10.0. The van der Waals surface area contributed by atoms with Crippen LogP contribution in [0.2, 0.25) is 0 Å². The molecule has 4 atom stereocenters. The van der Waals surface area contributed by atoms with Gasteiger partial charge < -0.3 is 0 Å². The first-order chi connectivity index (χ1) is 11.6. The molecule has 0 bridgehead atoms. The molecule has 2 saturated heterocycles. The zero-order valence-corrected chi connectivity index (χ0v) is 22.3. The standard InChI is InChI=1S/C18H28P2.2Au.2ClH/c1-13-9-10-14(2)19(13)17-7-5-6-8-18(17)20-15(3)11-12-16(20)4;;;;/h5-8,13-16H,9-12H2,1-4H3;;;2*1H/q;2*+1;;/p-2/t13-,14-,15-,16-;;;;/m1..../s1. The van der Waals surface area contributed by atoms with Crippen molar-refractivity contribution in [2.75, 3.05) is 0 Å². The van der Waals surface area contributed by atoms with E-state index in [1.165, 1.54) is 25.7 Å². The van der Waals surface area contributed by atoms with Crippen LogP contribution in [0.5, 0.6) is 0 Å². The number of hydrogen-bond acceptors (Lipinski definition) is 0. The van der Waals surface area contributed by atoms with E-state index < -0.39 is 0 Å². The molecular weight excluding hydrogens is 743 g/mol. The van der Waals surface area contributed by atoms with Gasteiger partial charge in [0, 0.05) is 0 Å². The van der Waals surface area contributed by atoms with Gasteiger partial charge in [-0.05, 0) is 58.9 Å². The van der Waals surface area contributed by atoms with Crippen molar-refractivity contribution >= 4 is 44.8 Å². The van der Waals surface area contributed by atoms with Gasteiger partial charge in [0.2, 0.25) is 0 Å². The number of hydrogen-bond donors (Lipinski definition) is 0. The van der Waals surface area contributed by atoms with Crippen LogP contribution < -0.4 is 10.6 Å². The molecule has 6 heteroatoms. The van der Waals surface area contributed by atoms with Crippen LogP contribution >= 0.6 is 34.2 Å². The molecular formula is C18H28Au2Cl2P2. The van der Waals surface area contributed by atoms with Crippen LogP contribution in [0.15, 0.2) is 24.3 Å². The number of benzene rings is 1. The van der Waals surface area contributed by atoms with Crippen LogP contribution in [0, 0.1) is 0 Å². The van der Waals surface area contributed by atoms with Crippen LogP contribution in [0.1, 0.15) is 53.4 Å². The van der Waals surface area contributed by atoms with E-state index >= 15 is 0 Å². The quantitative estimate of drug-likeness (QED) is 0.241. The van der Waals surface area contributed by atoms with Gasteiger partial charge in [-0.3, -0.25) is 0 Å². The molecule has 3 rings (SSSR count). The fourth-order valence-corrected chi connectivity index (χ4v) is 11.5. The molecule has 0 aliphatic carbocycles. The third kappa shape index (κ3) is 5.82. The summed E-state index contributed by atoms with van der Waals surface area (Å²) in [6, 6.07) is 9.55. The fourth-order valence-electron chi connectivity index (χ4n) is 4.24. The molecule has 0 amide bonds. The molecule has 0 radical (unpaired) electrons. The maximum atomic E-state index is 4.58. The summed E-state index contributed by atoms with van der Waals surface area (Å²) in [5.74, 6) is 0. The zero-order valence-electron chi connectivity index (χ0n) is 14.7. The van der Waals surface area contributed by atoms with Crippen molar-refractivity contribution in [2.24, 2.45) is 0 Å². The molecule has 0 saturated carbocycles. The van der Waals surface area contributed by atoms with Gasteiger partial charge >= 0.3 is 58.4 Å². The van der Waals surface area contributed by atoms with Crippen LogP contribution in [0.3, 0.4) is 0 Å². The average Bonchev–Trinajstić information content (AvgIpc) is 3.13. The first-order valence-corrected chi connectivity index (χ1v) is 16.8. The molecule has 146 valence electrons. The second kappa shape index (κ2) is 12.6. The zero-order chi connectivity index (χ0) is 18.3. The van der Waals surface area contributed by atoms with Gasteiger partial charge in [-0.25, -0.2) is 0 Å². The SMILES string of the molecule is C[C@@H]1CC[C@@H](C)P1c1ccccc1P1[C@H](C)CC[C@H]1C.[Cl][Au].[Cl][Au]. The Balaban J connectivity index is 0.000000671. The summed E-state index contributed by atoms with van der Waals surface area (Å²) < 4.78 is 0. The van der Waals surface area contributed by atoms with Crippen molar-refractivity contribution in [3.05, 3.63) is 24.3 Å². The molecule has 2 heterocycles. The van der Waals surface area contributed by atoms with E-state index in [4.69, 9.17) is 0 Å². The molecule has 2 aliphatic rings. The van der Waals surface area contributed by atoms with Crippen LogP contribution in [0.4, 0.5) is 0 Å². The second-order valence-corrected chi connectivity index (χ2v) is 13.0. The van der Waals surface area contributed by atoms with Crippen LogP contribution in [0.25, 0.3) is 0 Å². The molecule has 0 N–H and O–H groups in total. The van der Waals surface area contributed by atoms with Crippen molar-refractivity contribution in [1.29, 1.82) is 0 Å². The number of halogens is 2. The van der Waals surface area contributed by atoms with Gasteiger partial charge in [-0.15, -0.1) is 0 Å². The van der Waals surface area contributed by atoms with E-state index in [1.54, 1.807) is 50.6 Å². The molecule has 0 unspecified atom stereocenters. The Morgan fingerprint density at radius 3 is 1.17 bits per heavy atom. The van der Waals surface area contributed by atoms with Crippen molar-refractivity contribution in [1.82, 2.24) is 0 Å².